The molecule has 3 heteroatoms. The fourth-order valence-corrected chi connectivity index (χ4v) is 1.39. The van der Waals surface area contributed by atoms with Gasteiger partial charge in [-0.05, 0) is 19.8 Å². The van der Waals surface area contributed by atoms with Crippen molar-refractivity contribution >= 4 is 5.97 Å². The van der Waals surface area contributed by atoms with Gasteiger partial charge in [-0.25, -0.2) is 4.79 Å². The molecule has 13 heavy (non-hydrogen) atoms. The normalized spacial score (nSPS) is 22.3. The van der Waals surface area contributed by atoms with E-state index in [1.165, 1.54) is 0 Å². The third-order valence-electron chi connectivity index (χ3n) is 2.31. The highest BCUT2D eigenvalue weighted by Gasteiger charge is 2.30. The first-order valence-corrected chi connectivity index (χ1v) is 4.77. The first-order chi connectivity index (χ1) is 6.16. The molecule has 0 unspecified atom stereocenters. The predicted octanol–water partition coefficient (Wildman–Crippen LogP) is 2.32. The highest BCUT2D eigenvalue weighted by atomic mass is 16.6. The number of ether oxygens (including phenoxy) is 1. The second-order valence-corrected chi connectivity index (χ2v) is 3.40. The minimum atomic E-state index is -0.376. The van der Waals surface area contributed by atoms with Gasteiger partial charge in [0.05, 0.1) is 5.57 Å². The lowest BCUT2D eigenvalue weighted by Gasteiger charge is -2.08. The standard InChI is InChI=1S/C10H16O3/c1-3-4-5-6-8-9(11)7(2)10(12)13-8/h8,11H,3-6H2,1-2H3/t8-/m1/s1. The Morgan fingerprint density at radius 1 is 1.46 bits per heavy atom. The molecule has 0 aromatic heterocycles. The van der Waals surface area contributed by atoms with Gasteiger partial charge in [0.2, 0.25) is 0 Å². The maximum absolute atomic E-state index is 11.0. The van der Waals surface area contributed by atoms with Crippen molar-refractivity contribution in [3.8, 4) is 0 Å². The molecule has 0 radical (unpaired) electrons. The molecule has 3 nitrogen and oxygen atoms in total. The van der Waals surface area contributed by atoms with E-state index in [2.05, 4.69) is 6.92 Å². The van der Waals surface area contributed by atoms with E-state index >= 15 is 0 Å². The average molecular weight is 184 g/mol. The van der Waals surface area contributed by atoms with Crippen LogP contribution in [-0.2, 0) is 9.53 Å². The second kappa shape index (κ2) is 4.30. The summed E-state index contributed by atoms with van der Waals surface area (Å²) in [4.78, 5) is 11.0. The Bertz CT molecular complexity index is 230. The molecule has 0 aliphatic carbocycles. The molecule has 1 N–H and O–H groups in total. The summed E-state index contributed by atoms with van der Waals surface area (Å²) < 4.78 is 4.97. The van der Waals surface area contributed by atoms with Gasteiger partial charge >= 0.3 is 5.97 Å². The van der Waals surface area contributed by atoms with Crippen molar-refractivity contribution in [1.82, 2.24) is 0 Å². The monoisotopic (exact) mass is 184 g/mol. The van der Waals surface area contributed by atoms with Crippen LogP contribution in [0.2, 0.25) is 0 Å². The number of aliphatic hydroxyl groups excluding tert-OH is 1. The zero-order valence-electron chi connectivity index (χ0n) is 8.17. The van der Waals surface area contributed by atoms with Gasteiger partial charge in [-0.3, -0.25) is 0 Å². The number of cyclic esters (lactones) is 1. The smallest absolute Gasteiger partial charge is 0.337 e. The summed E-state index contributed by atoms with van der Waals surface area (Å²) in [5.74, 6) is -0.250. The van der Waals surface area contributed by atoms with E-state index in [0.29, 0.717) is 5.57 Å². The molecule has 0 saturated heterocycles. The van der Waals surface area contributed by atoms with Crippen LogP contribution in [0.5, 0.6) is 0 Å². The van der Waals surface area contributed by atoms with Gasteiger partial charge in [0.25, 0.3) is 0 Å². The van der Waals surface area contributed by atoms with Gasteiger partial charge in [-0.15, -0.1) is 0 Å². The average Bonchev–Trinajstić information content (AvgIpc) is 2.34. The molecular formula is C10H16O3. The largest absolute Gasteiger partial charge is 0.508 e. The molecule has 0 aromatic carbocycles. The minimum Gasteiger partial charge on any atom is -0.508 e. The number of esters is 1. The summed E-state index contributed by atoms with van der Waals surface area (Å²) in [5.41, 5.74) is 0.362. The summed E-state index contributed by atoms with van der Waals surface area (Å²) in [7, 11) is 0. The van der Waals surface area contributed by atoms with Crippen LogP contribution in [-0.4, -0.2) is 17.2 Å². The third-order valence-corrected chi connectivity index (χ3v) is 2.31. The molecule has 1 rings (SSSR count). The molecule has 0 fully saturated rings. The summed E-state index contributed by atoms with van der Waals surface area (Å²) in [6.45, 7) is 3.71. The fraction of sp³-hybridized carbons (Fsp3) is 0.700. The zero-order chi connectivity index (χ0) is 9.84. The quantitative estimate of drug-likeness (QED) is 0.538. The highest BCUT2D eigenvalue weighted by Crippen LogP contribution is 2.23. The van der Waals surface area contributed by atoms with Crippen LogP contribution in [0, 0.1) is 0 Å². The zero-order valence-corrected chi connectivity index (χ0v) is 8.17. The van der Waals surface area contributed by atoms with Gasteiger partial charge < -0.3 is 9.84 Å². The second-order valence-electron chi connectivity index (χ2n) is 3.40. The van der Waals surface area contributed by atoms with Crippen LogP contribution in [0.3, 0.4) is 0 Å². The van der Waals surface area contributed by atoms with Crippen LogP contribution in [0.25, 0.3) is 0 Å². The van der Waals surface area contributed by atoms with E-state index in [-0.39, 0.29) is 17.8 Å². The van der Waals surface area contributed by atoms with Crippen LogP contribution >= 0.6 is 0 Å². The van der Waals surface area contributed by atoms with Gasteiger partial charge in [0, 0.05) is 0 Å². The van der Waals surface area contributed by atoms with Crippen LogP contribution in [0.4, 0.5) is 0 Å². The Morgan fingerprint density at radius 2 is 2.15 bits per heavy atom. The number of carbonyl (C=O) groups is 1. The summed E-state index contributed by atoms with van der Waals surface area (Å²) >= 11 is 0. The van der Waals surface area contributed by atoms with Crippen molar-refractivity contribution in [2.45, 2.75) is 45.6 Å². The number of aliphatic hydroxyl groups is 1. The first kappa shape index (κ1) is 10.1. The van der Waals surface area contributed by atoms with Gasteiger partial charge in [-0.2, -0.15) is 0 Å². The van der Waals surface area contributed by atoms with Gasteiger partial charge in [0.1, 0.15) is 5.76 Å². The minimum absolute atomic E-state index is 0.126. The molecular weight excluding hydrogens is 168 g/mol. The van der Waals surface area contributed by atoms with E-state index in [1.807, 2.05) is 0 Å². The molecule has 0 saturated carbocycles. The highest BCUT2D eigenvalue weighted by molar-refractivity contribution is 5.90. The van der Waals surface area contributed by atoms with E-state index in [0.717, 1.165) is 25.7 Å². The third kappa shape index (κ3) is 2.23. The molecule has 0 spiro atoms. The maximum Gasteiger partial charge on any atom is 0.337 e. The molecule has 0 amide bonds. The molecule has 74 valence electrons. The molecule has 0 aromatic rings. The van der Waals surface area contributed by atoms with E-state index in [9.17, 15) is 9.90 Å². The Morgan fingerprint density at radius 3 is 2.62 bits per heavy atom. The van der Waals surface area contributed by atoms with Crippen molar-refractivity contribution in [2.24, 2.45) is 0 Å². The predicted molar refractivity (Wildman–Crippen MR) is 49.4 cm³/mol. The molecule has 1 atom stereocenters. The fourth-order valence-electron chi connectivity index (χ4n) is 1.39. The van der Waals surface area contributed by atoms with Gasteiger partial charge in [-0.1, -0.05) is 19.8 Å². The topological polar surface area (TPSA) is 46.5 Å². The summed E-state index contributed by atoms with van der Waals surface area (Å²) in [5, 5.41) is 9.46. The van der Waals surface area contributed by atoms with Crippen molar-refractivity contribution in [2.75, 3.05) is 0 Å². The summed E-state index contributed by atoms with van der Waals surface area (Å²) in [6, 6.07) is 0. The van der Waals surface area contributed by atoms with Crippen LogP contribution < -0.4 is 0 Å². The van der Waals surface area contributed by atoms with Crippen LogP contribution in [0.15, 0.2) is 11.3 Å². The van der Waals surface area contributed by atoms with E-state index in [4.69, 9.17) is 4.74 Å². The SMILES string of the molecule is CCCCC[C@H]1OC(=O)C(C)=C1O. The van der Waals surface area contributed by atoms with Gasteiger partial charge in [0.15, 0.2) is 6.10 Å². The molecule has 0 bridgehead atoms. The Kier molecular flexibility index (Phi) is 3.34. The number of hydrogen-bond acceptors (Lipinski definition) is 3. The number of rotatable bonds is 4. The van der Waals surface area contributed by atoms with Crippen molar-refractivity contribution < 1.29 is 14.6 Å². The lowest BCUT2D eigenvalue weighted by Crippen LogP contribution is -2.11. The Labute approximate surface area is 78.4 Å². The Hall–Kier alpha value is -0.990. The molecule has 1 heterocycles. The first-order valence-electron chi connectivity index (χ1n) is 4.77. The Balaban J connectivity index is 2.42. The number of carbonyl (C=O) groups excluding carboxylic acids is 1. The van der Waals surface area contributed by atoms with Crippen molar-refractivity contribution in [3.63, 3.8) is 0 Å². The van der Waals surface area contributed by atoms with E-state index < -0.39 is 0 Å². The summed E-state index contributed by atoms with van der Waals surface area (Å²) in [6.07, 6.45) is 3.60. The lowest BCUT2D eigenvalue weighted by atomic mass is 10.1. The maximum atomic E-state index is 11.0. The van der Waals surface area contributed by atoms with Crippen molar-refractivity contribution in [3.05, 3.63) is 11.3 Å². The molecule has 1 aliphatic heterocycles. The van der Waals surface area contributed by atoms with Crippen LogP contribution in [0.1, 0.15) is 39.5 Å². The molecule has 1 aliphatic rings. The van der Waals surface area contributed by atoms with Crippen molar-refractivity contribution in [1.29, 1.82) is 0 Å². The van der Waals surface area contributed by atoms with E-state index in [1.54, 1.807) is 6.92 Å². The lowest BCUT2D eigenvalue weighted by molar-refractivity contribution is -0.140. The number of hydrogen-bond donors (Lipinski definition) is 1. The number of unbranched alkanes of at least 4 members (excludes halogenated alkanes) is 2.